The van der Waals surface area contributed by atoms with E-state index >= 15 is 0 Å². The van der Waals surface area contributed by atoms with Crippen LogP contribution in [0.3, 0.4) is 0 Å². The molecule has 3 unspecified atom stereocenters. The zero-order valence-corrected chi connectivity index (χ0v) is 4.66. The van der Waals surface area contributed by atoms with Crippen LogP contribution in [0.2, 0.25) is 0 Å². The third-order valence-electron chi connectivity index (χ3n) is 0.838. The summed E-state index contributed by atoms with van der Waals surface area (Å²) in [7, 11) is 0. The Hall–Kier alpha value is -0.280. The molecule has 0 aromatic rings. The second-order valence-electron chi connectivity index (χ2n) is 1.63. The molecule has 0 N–H and O–H groups in total. The van der Waals surface area contributed by atoms with Gasteiger partial charge in [-0.25, -0.2) is 17.6 Å². The molecular weight excluding hydrogens is 136 g/mol. The summed E-state index contributed by atoms with van der Waals surface area (Å²) >= 11 is 0. The van der Waals surface area contributed by atoms with Gasteiger partial charge in [0.05, 0.1) is 0 Å². The highest BCUT2D eigenvalue weighted by molar-refractivity contribution is 4.77. The van der Waals surface area contributed by atoms with E-state index in [-0.39, 0.29) is 0 Å². The van der Waals surface area contributed by atoms with Crippen molar-refractivity contribution in [2.75, 3.05) is 6.67 Å². The monoisotopic (exact) mass is 143 g/mol. The molecule has 0 aliphatic rings. The highest BCUT2D eigenvalue weighted by Crippen LogP contribution is 2.11. The van der Waals surface area contributed by atoms with E-state index in [9.17, 15) is 17.6 Å². The zero-order chi connectivity index (χ0) is 7.44. The molecule has 0 spiro atoms. The third kappa shape index (κ3) is 2.67. The van der Waals surface area contributed by atoms with Gasteiger partial charge in [-0.05, 0) is 6.92 Å². The first-order valence-corrected chi connectivity index (χ1v) is 2.41. The van der Waals surface area contributed by atoms with Crippen LogP contribution in [0.5, 0.6) is 0 Å². The lowest BCUT2D eigenvalue weighted by Gasteiger charge is -2.09. The van der Waals surface area contributed by atoms with Crippen LogP contribution in [0.25, 0.3) is 0 Å². The lowest BCUT2D eigenvalue weighted by Crippen LogP contribution is -2.27. The highest BCUT2D eigenvalue weighted by atomic mass is 19.2. The average Bonchev–Trinajstić information content (AvgIpc) is 1.84. The molecule has 0 rings (SSSR count). The van der Waals surface area contributed by atoms with Gasteiger partial charge in [0.25, 0.3) is 0 Å². The Balaban J connectivity index is 3.58. The largest absolute Gasteiger partial charge is 0.248 e. The van der Waals surface area contributed by atoms with Crippen molar-refractivity contribution in [3.8, 4) is 0 Å². The average molecular weight is 143 g/mol. The summed E-state index contributed by atoms with van der Waals surface area (Å²) in [5, 5.41) is 0. The van der Waals surface area contributed by atoms with Crippen LogP contribution in [-0.4, -0.2) is 25.2 Å². The molecule has 55 valence electrons. The molecule has 0 saturated carbocycles. The standard InChI is InChI=1S/C5H7F4/c1-3(7)5(9)4(8)2-6/h3-5H,1-2H2. The van der Waals surface area contributed by atoms with Crippen molar-refractivity contribution in [1.82, 2.24) is 0 Å². The third-order valence-corrected chi connectivity index (χ3v) is 0.838. The number of hydrogen-bond donors (Lipinski definition) is 0. The van der Waals surface area contributed by atoms with Gasteiger partial charge in [0.2, 0.25) is 0 Å². The van der Waals surface area contributed by atoms with Gasteiger partial charge in [-0.1, -0.05) is 0 Å². The predicted octanol–water partition coefficient (Wildman–Crippen LogP) is 1.80. The zero-order valence-electron chi connectivity index (χ0n) is 4.66. The van der Waals surface area contributed by atoms with E-state index in [1.165, 1.54) is 0 Å². The fourth-order valence-electron chi connectivity index (χ4n) is 0.312. The topological polar surface area (TPSA) is 0 Å². The van der Waals surface area contributed by atoms with Crippen LogP contribution in [0.1, 0.15) is 0 Å². The predicted molar refractivity (Wildman–Crippen MR) is 26.0 cm³/mol. The van der Waals surface area contributed by atoms with Crippen molar-refractivity contribution in [1.29, 1.82) is 0 Å². The minimum Gasteiger partial charge on any atom is -0.248 e. The lowest BCUT2D eigenvalue weighted by atomic mass is 10.2. The van der Waals surface area contributed by atoms with E-state index in [1.807, 2.05) is 0 Å². The van der Waals surface area contributed by atoms with Crippen molar-refractivity contribution in [3.63, 3.8) is 0 Å². The molecule has 4 heteroatoms. The fraction of sp³-hybridized carbons (Fsp3) is 0.800. The maximum absolute atomic E-state index is 11.9. The molecule has 0 fully saturated rings. The first-order chi connectivity index (χ1) is 4.09. The Morgan fingerprint density at radius 1 is 1.22 bits per heavy atom. The number of halogens is 4. The minimum absolute atomic E-state index is 1.50. The molecule has 1 radical (unpaired) electrons. The molecule has 0 aliphatic carbocycles. The number of alkyl halides is 4. The van der Waals surface area contributed by atoms with Gasteiger partial charge in [-0.15, -0.1) is 0 Å². The summed E-state index contributed by atoms with van der Waals surface area (Å²) in [4.78, 5) is 0. The van der Waals surface area contributed by atoms with Crippen LogP contribution in [0, 0.1) is 6.92 Å². The van der Waals surface area contributed by atoms with Gasteiger partial charge in [-0.3, -0.25) is 0 Å². The second-order valence-corrected chi connectivity index (χ2v) is 1.63. The SMILES string of the molecule is [CH2]C(F)C(F)C(F)CF. The summed E-state index contributed by atoms with van der Waals surface area (Å²) < 4.78 is 46.4. The first kappa shape index (κ1) is 8.72. The van der Waals surface area contributed by atoms with Crippen LogP contribution in [0.15, 0.2) is 0 Å². The molecule has 0 amide bonds. The van der Waals surface area contributed by atoms with E-state index in [1.54, 1.807) is 0 Å². The minimum atomic E-state index is -2.44. The van der Waals surface area contributed by atoms with E-state index in [2.05, 4.69) is 6.92 Å². The summed E-state index contributed by atoms with van der Waals surface area (Å²) in [6.07, 6.45) is -7.00. The second kappa shape index (κ2) is 3.69. The maximum Gasteiger partial charge on any atom is 0.165 e. The molecule has 0 aromatic carbocycles. The summed E-state index contributed by atoms with van der Waals surface area (Å²) in [5.74, 6) is 0. The normalized spacial score (nSPS) is 21.0. The van der Waals surface area contributed by atoms with E-state index in [0.717, 1.165) is 0 Å². The Kier molecular flexibility index (Phi) is 3.58. The fourth-order valence-corrected chi connectivity index (χ4v) is 0.312. The van der Waals surface area contributed by atoms with Crippen molar-refractivity contribution in [2.45, 2.75) is 18.5 Å². The Bertz CT molecular complexity index is 73.4. The molecule has 0 nitrogen and oxygen atoms in total. The lowest BCUT2D eigenvalue weighted by molar-refractivity contribution is 0.0859. The number of hydrogen-bond acceptors (Lipinski definition) is 0. The van der Waals surface area contributed by atoms with Crippen molar-refractivity contribution in [2.24, 2.45) is 0 Å². The van der Waals surface area contributed by atoms with Gasteiger partial charge in [0, 0.05) is 0 Å². The van der Waals surface area contributed by atoms with Gasteiger partial charge in [-0.2, -0.15) is 0 Å². The molecule has 0 heterocycles. The Morgan fingerprint density at radius 3 is 1.78 bits per heavy atom. The van der Waals surface area contributed by atoms with Crippen molar-refractivity contribution < 1.29 is 17.6 Å². The summed E-state index contributed by atoms with van der Waals surface area (Å²) in [5.41, 5.74) is 0. The molecular formula is C5H7F4. The van der Waals surface area contributed by atoms with Gasteiger partial charge < -0.3 is 0 Å². The molecule has 3 atom stereocenters. The Labute approximate surface area is 50.9 Å². The maximum atomic E-state index is 11.9. The van der Waals surface area contributed by atoms with Gasteiger partial charge in [0.15, 0.2) is 12.3 Å². The van der Waals surface area contributed by atoms with Crippen LogP contribution >= 0.6 is 0 Å². The van der Waals surface area contributed by atoms with Crippen molar-refractivity contribution in [3.05, 3.63) is 6.92 Å². The molecule has 0 bridgehead atoms. The van der Waals surface area contributed by atoms with Gasteiger partial charge >= 0.3 is 0 Å². The van der Waals surface area contributed by atoms with E-state index in [4.69, 9.17) is 0 Å². The summed E-state index contributed by atoms with van der Waals surface area (Å²) in [6.45, 7) is 1.06. The smallest absolute Gasteiger partial charge is 0.165 e. The van der Waals surface area contributed by atoms with Crippen LogP contribution < -0.4 is 0 Å². The highest BCUT2D eigenvalue weighted by Gasteiger charge is 2.26. The van der Waals surface area contributed by atoms with Crippen LogP contribution in [0.4, 0.5) is 17.6 Å². The molecule has 9 heavy (non-hydrogen) atoms. The molecule has 0 aromatic heterocycles. The van der Waals surface area contributed by atoms with Crippen LogP contribution in [-0.2, 0) is 0 Å². The number of rotatable bonds is 3. The quantitative estimate of drug-likeness (QED) is 0.528. The van der Waals surface area contributed by atoms with E-state index < -0.39 is 25.2 Å². The summed E-state index contributed by atoms with van der Waals surface area (Å²) in [6, 6.07) is 0. The van der Waals surface area contributed by atoms with Crippen molar-refractivity contribution >= 4 is 0 Å². The molecule has 0 saturated heterocycles. The van der Waals surface area contributed by atoms with Gasteiger partial charge in [0.1, 0.15) is 12.8 Å². The Morgan fingerprint density at radius 2 is 1.67 bits per heavy atom. The first-order valence-electron chi connectivity index (χ1n) is 2.41. The molecule has 0 aliphatic heterocycles. The van der Waals surface area contributed by atoms with E-state index in [0.29, 0.717) is 0 Å².